The summed E-state index contributed by atoms with van der Waals surface area (Å²) in [4.78, 5) is 34.9. The van der Waals surface area contributed by atoms with E-state index in [1.165, 1.54) is 17.0 Å². The minimum absolute atomic E-state index is 0.127. The van der Waals surface area contributed by atoms with Gasteiger partial charge in [-0.3, -0.25) is 19.9 Å². The lowest BCUT2D eigenvalue weighted by Crippen LogP contribution is -2.53. The monoisotopic (exact) mass is 559 g/mol. The second kappa shape index (κ2) is 11.5. The maximum atomic E-state index is 13.9. The Morgan fingerprint density at radius 3 is 2.49 bits per heavy atom. The van der Waals surface area contributed by atoms with Crippen LogP contribution in [0.2, 0.25) is 0 Å². The molecule has 4 rings (SSSR count). The molecule has 1 fully saturated rings. The van der Waals surface area contributed by atoms with Crippen LogP contribution >= 0.6 is 0 Å². The highest BCUT2D eigenvalue weighted by Gasteiger charge is 2.44. The predicted octanol–water partition coefficient (Wildman–Crippen LogP) is 4.24. The summed E-state index contributed by atoms with van der Waals surface area (Å²) in [6.07, 6.45) is 0.921. The topological polar surface area (TPSA) is 158 Å². The molecule has 13 nitrogen and oxygen atoms in total. The number of aromatic nitrogens is 2. The molecule has 2 atom stereocenters. The third kappa shape index (κ3) is 6.58. The van der Waals surface area contributed by atoms with E-state index in [0.29, 0.717) is 5.56 Å². The van der Waals surface area contributed by atoms with Crippen molar-refractivity contribution in [2.24, 2.45) is 0 Å². The Balaban J connectivity index is 1.72. The molecule has 1 amide bonds. The van der Waals surface area contributed by atoms with Crippen LogP contribution in [0.5, 0.6) is 0 Å². The summed E-state index contributed by atoms with van der Waals surface area (Å²) < 4.78 is 39.1. The van der Waals surface area contributed by atoms with Gasteiger partial charge in [-0.15, -0.1) is 0 Å². The highest BCUT2D eigenvalue weighted by atomic mass is 32.2. The van der Waals surface area contributed by atoms with Crippen LogP contribution in [0.15, 0.2) is 70.4 Å². The molecule has 3 aromatic rings. The lowest BCUT2D eigenvalue weighted by Gasteiger charge is -2.41. The Bertz CT molecular complexity index is 1390. The van der Waals surface area contributed by atoms with Crippen molar-refractivity contribution in [3.63, 3.8) is 0 Å². The van der Waals surface area contributed by atoms with Gasteiger partial charge in [0.15, 0.2) is 10.7 Å². The second-order valence-corrected chi connectivity index (χ2v) is 11.7. The van der Waals surface area contributed by atoms with E-state index in [4.69, 9.17) is 14.1 Å². The van der Waals surface area contributed by atoms with Crippen molar-refractivity contribution in [2.75, 3.05) is 6.54 Å². The summed E-state index contributed by atoms with van der Waals surface area (Å²) in [7, 11) is -4.56. The van der Waals surface area contributed by atoms with E-state index in [1.807, 2.05) is 6.07 Å². The molecule has 0 spiro atoms. The van der Waals surface area contributed by atoms with E-state index in [1.54, 1.807) is 45.0 Å². The fourth-order valence-electron chi connectivity index (χ4n) is 4.25. The molecule has 14 heteroatoms. The van der Waals surface area contributed by atoms with Crippen LogP contribution < -0.4 is 0 Å². The molecular formula is C25H29N5O8S. The number of amides is 1. The molecule has 1 saturated heterocycles. The van der Waals surface area contributed by atoms with E-state index in [-0.39, 0.29) is 31.8 Å². The van der Waals surface area contributed by atoms with Crippen molar-refractivity contribution in [2.45, 2.75) is 62.8 Å². The molecule has 1 aliphatic heterocycles. The Morgan fingerprint density at radius 2 is 1.85 bits per heavy atom. The van der Waals surface area contributed by atoms with Crippen molar-refractivity contribution < 1.29 is 32.2 Å². The first-order valence-electron chi connectivity index (χ1n) is 12.2. The van der Waals surface area contributed by atoms with Gasteiger partial charge in [-0.2, -0.15) is 4.98 Å². The van der Waals surface area contributed by atoms with Crippen LogP contribution in [-0.4, -0.2) is 57.1 Å². The van der Waals surface area contributed by atoms with Gasteiger partial charge in [0.2, 0.25) is 6.39 Å². The quantitative estimate of drug-likeness (QED) is 0.289. The van der Waals surface area contributed by atoms with Gasteiger partial charge >= 0.3 is 6.09 Å². The molecule has 0 N–H and O–H groups in total. The van der Waals surface area contributed by atoms with Gasteiger partial charge in [0.25, 0.3) is 15.7 Å². The van der Waals surface area contributed by atoms with E-state index < -0.39 is 49.3 Å². The number of hydrogen-bond acceptors (Lipinski definition) is 10. The van der Waals surface area contributed by atoms with Crippen LogP contribution in [0, 0.1) is 10.1 Å². The number of nitrogens with zero attached hydrogens (tertiary/aromatic N) is 5. The van der Waals surface area contributed by atoms with Gasteiger partial charge in [0.05, 0.1) is 23.6 Å². The number of rotatable bonds is 8. The molecule has 1 aliphatic rings. The number of sulfonamides is 1. The largest absolute Gasteiger partial charge is 0.444 e. The number of carbonyl (C=O) groups is 1. The molecule has 39 heavy (non-hydrogen) atoms. The van der Waals surface area contributed by atoms with Crippen LogP contribution in [0.4, 0.5) is 10.5 Å². The summed E-state index contributed by atoms with van der Waals surface area (Å²) >= 11 is 0. The standard InChI is InChI=1S/C25H29N5O8S/c1-25(2,3)38-24(31)28-15-19(13-14-21(28)23-26-17-36-27-23)30(37-16-18-9-5-4-6-10-18)39(34,35)22-12-8-7-11-20(22)29(32)33/h4-12,17,19,21H,13-16H2,1-3H3/t19-,21+/m1/s1. The molecule has 1 aromatic heterocycles. The average molecular weight is 560 g/mol. The van der Waals surface area contributed by atoms with E-state index in [2.05, 4.69) is 10.1 Å². The summed E-state index contributed by atoms with van der Waals surface area (Å²) in [6.45, 7) is 4.86. The number of hydroxylamine groups is 1. The lowest BCUT2D eigenvalue weighted by atomic mass is 9.98. The molecule has 0 unspecified atom stereocenters. The van der Waals surface area contributed by atoms with Crippen LogP contribution in [0.25, 0.3) is 0 Å². The molecular weight excluding hydrogens is 530 g/mol. The minimum Gasteiger partial charge on any atom is -0.444 e. The Kier molecular flexibility index (Phi) is 8.28. The van der Waals surface area contributed by atoms with E-state index >= 15 is 0 Å². The Labute approximate surface area is 225 Å². The number of benzene rings is 2. The zero-order chi connectivity index (χ0) is 28.2. The SMILES string of the molecule is CC(C)(C)OC(=O)N1C[C@H](N(OCc2ccccc2)S(=O)(=O)c2ccccc2[N+](=O)[O-])CC[C@H]1c1ncon1. The molecule has 0 radical (unpaired) electrons. The van der Waals surface area contributed by atoms with Gasteiger partial charge in [0, 0.05) is 12.6 Å². The average Bonchev–Trinajstić information content (AvgIpc) is 3.43. The third-order valence-corrected chi connectivity index (χ3v) is 7.72. The predicted molar refractivity (Wildman–Crippen MR) is 136 cm³/mol. The van der Waals surface area contributed by atoms with Crippen LogP contribution in [0.3, 0.4) is 0 Å². The number of piperidine rings is 1. The van der Waals surface area contributed by atoms with Crippen molar-refractivity contribution >= 4 is 21.8 Å². The van der Waals surface area contributed by atoms with Crippen LogP contribution in [-0.2, 0) is 26.2 Å². The van der Waals surface area contributed by atoms with Gasteiger partial charge in [0.1, 0.15) is 5.60 Å². The highest BCUT2D eigenvalue weighted by Crippen LogP contribution is 2.36. The first-order valence-corrected chi connectivity index (χ1v) is 13.6. The zero-order valence-electron chi connectivity index (χ0n) is 21.7. The van der Waals surface area contributed by atoms with Crippen molar-refractivity contribution in [3.8, 4) is 0 Å². The van der Waals surface area contributed by atoms with E-state index in [0.717, 1.165) is 23.0 Å². The smallest absolute Gasteiger partial charge is 0.410 e. The first-order chi connectivity index (χ1) is 18.5. The summed E-state index contributed by atoms with van der Waals surface area (Å²) in [5.41, 5.74) is -0.730. The number of hydrogen-bond donors (Lipinski definition) is 0. The maximum Gasteiger partial charge on any atom is 0.410 e. The highest BCUT2D eigenvalue weighted by molar-refractivity contribution is 7.89. The lowest BCUT2D eigenvalue weighted by molar-refractivity contribution is -0.388. The second-order valence-electron chi connectivity index (χ2n) is 9.91. The van der Waals surface area contributed by atoms with Crippen molar-refractivity contribution in [3.05, 3.63) is 82.5 Å². The van der Waals surface area contributed by atoms with Gasteiger partial charge in [-0.05, 0) is 45.2 Å². The molecule has 0 bridgehead atoms. The maximum absolute atomic E-state index is 13.9. The van der Waals surface area contributed by atoms with E-state index in [9.17, 15) is 23.3 Å². The molecule has 0 saturated carbocycles. The number of ether oxygens (including phenoxy) is 1. The summed E-state index contributed by atoms with van der Waals surface area (Å²) in [5.74, 6) is 0.248. The van der Waals surface area contributed by atoms with Gasteiger partial charge in [-0.25, -0.2) is 13.2 Å². The normalized spacial score (nSPS) is 18.2. The first kappa shape index (κ1) is 28.1. The number of nitro benzene ring substituents is 1. The molecule has 0 aliphatic carbocycles. The number of nitro groups is 1. The van der Waals surface area contributed by atoms with Gasteiger partial charge < -0.3 is 9.26 Å². The fourth-order valence-corrected chi connectivity index (χ4v) is 5.85. The number of para-hydroxylation sites is 1. The fraction of sp³-hybridized carbons (Fsp3) is 0.400. The molecule has 2 aromatic carbocycles. The Hall–Kier alpha value is -3.88. The number of likely N-dealkylation sites (tertiary alicyclic amines) is 1. The molecule has 2 heterocycles. The zero-order valence-corrected chi connectivity index (χ0v) is 22.5. The number of carbonyl (C=O) groups excluding carboxylic acids is 1. The summed E-state index contributed by atoms with van der Waals surface area (Å²) in [6, 6.07) is 12.4. The summed E-state index contributed by atoms with van der Waals surface area (Å²) in [5, 5.41) is 15.6. The Morgan fingerprint density at radius 1 is 1.15 bits per heavy atom. The van der Waals surface area contributed by atoms with Gasteiger partial charge in [-0.1, -0.05) is 52.1 Å². The minimum atomic E-state index is -4.56. The van der Waals surface area contributed by atoms with Crippen LogP contribution in [0.1, 0.15) is 51.0 Å². The molecule has 208 valence electrons. The van der Waals surface area contributed by atoms with Crippen molar-refractivity contribution in [1.29, 1.82) is 0 Å². The van der Waals surface area contributed by atoms with Crippen molar-refractivity contribution in [1.82, 2.24) is 19.5 Å². The third-order valence-electron chi connectivity index (χ3n) is 5.94.